The molecule has 0 radical (unpaired) electrons. The monoisotopic (exact) mass is 263 g/mol. The predicted molar refractivity (Wildman–Crippen MR) is 65.2 cm³/mol. The summed E-state index contributed by atoms with van der Waals surface area (Å²) >= 11 is 11.5. The Labute approximate surface area is 105 Å². The molecule has 1 rings (SSSR count). The molecule has 0 aliphatic rings. The van der Waals surface area contributed by atoms with Crippen molar-refractivity contribution in [1.82, 2.24) is 4.57 Å². The summed E-state index contributed by atoms with van der Waals surface area (Å²) in [6.07, 6.45) is 2.88. The molecule has 0 unspecified atom stereocenters. The number of hydrogen-bond donors (Lipinski definition) is 0. The van der Waals surface area contributed by atoms with Gasteiger partial charge in [0.15, 0.2) is 0 Å². The summed E-state index contributed by atoms with van der Waals surface area (Å²) in [7, 11) is 0. The average molecular weight is 264 g/mol. The number of carbonyl (C=O) groups excluding carboxylic acids is 1. The highest BCUT2D eigenvalue weighted by atomic mass is 35.5. The Balaban J connectivity index is 2.88. The topological polar surface area (TPSA) is 31.2 Å². The van der Waals surface area contributed by atoms with E-state index in [0.29, 0.717) is 11.8 Å². The van der Waals surface area contributed by atoms with Crippen LogP contribution in [0.2, 0.25) is 0 Å². The molecule has 90 valence electrons. The number of halogens is 2. The first kappa shape index (κ1) is 13.4. The van der Waals surface area contributed by atoms with Crippen molar-refractivity contribution in [3.05, 3.63) is 23.5 Å². The second-order valence-corrected chi connectivity index (χ2v) is 5.00. The van der Waals surface area contributed by atoms with Gasteiger partial charge in [0.2, 0.25) is 0 Å². The smallest absolute Gasteiger partial charge is 0.418 e. The van der Waals surface area contributed by atoms with Gasteiger partial charge < -0.3 is 4.74 Å². The Kier molecular flexibility index (Phi) is 4.28. The van der Waals surface area contributed by atoms with Gasteiger partial charge in [0.25, 0.3) is 0 Å². The van der Waals surface area contributed by atoms with Gasteiger partial charge in [-0.05, 0) is 31.9 Å². The minimum Gasteiger partial charge on any atom is -0.443 e. The van der Waals surface area contributed by atoms with E-state index in [2.05, 4.69) is 0 Å². The van der Waals surface area contributed by atoms with E-state index >= 15 is 0 Å². The maximum absolute atomic E-state index is 11.7. The molecule has 5 heteroatoms. The highest BCUT2D eigenvalue weighted by Crippen LogP contribution is 2.17. The van der Waals surface area contributed by atoms with Crippen molar-refractivity contribution < 1.29 is 9.53 Å². The molecular formula is C11H15Cl2NO2. The Morgan fingerprint density at radius 2 is 1.69 bits per heavy atom. The average Bonchev–Trinajstić information content (AvgIpc) is 2.57. The highest BCUT2D eigenvalue weighted by molar-refractivity contribution is 6.18. The molecule has 0 fully saturated rings. The van der Waals surface area contributed by atoms with Crippen molar-refractivity contribution in [2.45, 2.75) is 38.1 Å². The van der Waals surface area contributed by atoms with Crippen LogP contribution in [0, 0.1) is 0 Å². The standard InChI is InChI=1S/C11H15Cl2NO2/c1-11(2,3)16-10(15)14-6-8(4-12)9(5-13)7-14/h6-7H,4-5H2,1-3H3. The molecule has 0 saturated carbocycles. The molecule has 0 aliphatic carbocycles. The van der Waals surface area contributed by atoms with E-state index in [1.54, 1.807) is 12.4 Å². The van der Waals surface area contributed by atoms with Crippen LogP contribution in [-0.4, -0.2) is 16.3 Å². The van der Waals surface area contributed by atoms with Gasteiger partial charge in [0.1, 0.15) is 5.60 Å². The molecule has 1 aromatic heterocycles. The highest BCUT2D eigenvalue weighted by Gasteiger charge is 2.18. The lowest BCUT2D eigenvalue weighted by Crippen LogP contribution is -2.26. The number of alkyl halides is 2. The van der Waals surface area contributed by atoms with Gasteiger partial charge in [-0.25, -0.2) is 4.79 Å². The van der Waals surface area contributed by atoms with Gasteiger partial charge in [0.05, 0.1) is 0 Å². The van der Waals surface area contributed by atoms with Crippen LogP contribution in [0.25, 0.3) is 0 Å². The summed E-state index contributed by atoms with van der Waals surface area (Å²) in [5.74, 6) is 0.662. The molecule has 0 N–H and O–H groups in total. The second-order valence-electron chi connectivity index (χ2n) is 4.46. The lowest BCUT2D eigenvalue weighted by molar-refractivity contribution is 0.0537. The molecule has 3 nitrogen and oxygen atoms in total. The summed E-state index contributed by atoms with van der Waals surface area (Å²) in [6.45, 7) is 5.46. The van der Waals surface area contributed by atoms with E-state index < -0.39 is 11.7 Å². The number of rotatable bonds is 2. The Hall–Kier alpha value is -0.670. The minimum atomic E-state index is -0.510. The fourth-order valence-electron chi connectivity index (χ4n) is 1.20. The second kappa shape index (κ2) is 5.11. The first-order valence-corrected chi connectivity index (χ1v) is 5.99. The van der Waals surface area contributed by atoms with Crippen molar-refractivity contribution in [3.8, 4) is 0 Å². The number of aromatic nitrogens is 1. The SMILES string of the molecule is CC(C)(C)OC(=O)n1cc(CCl)c(CCl)c1. The summed E-state index contributed by atoms with van der Waals surface area (Å²) in [5, 5.41) is 0. The van der Waals surface area contributed by atoms with Crippen LogP contribution in [0.3, 0.4) is 0 Å². The zero-order valence-electron chi connectivity index (χ0n) is 9.59. The van der Waals surface area contributed by atoms with Crippen LogP contribution < -0.4 is 0 Å². The maximum atomic E-state index is 11.7. The number of carbonyl (C=O) groups is 1. The molecule has 16 heavy (non-hydrogen) atoms. The molecule has 0 saturated heterocycles. The van der Waals surface area contributed by atoms with E-state index in [4.69, 9.17) is 27.9 Å². The Morgan fingerprint density at radius 3 is 2.00 bits per heavy atom. The van der Waals surface area contributed by atoms with Crippen molar-refractivity contribution in [3.63, 3.8) is 0 Å². The summed E-state index contributed by atoms with van der Waals surface area (Å²) in [6, 6.07) is 0. The lowest BCUT2D eigenvalue weighted by atomic mass is 10.2. The quantitative estimate of drug-likeness (QED) is 0.762. The predicted octanol–water partition coefficient (Wildman–Crippen LogP) is 3.75. The molecular weight excluding hydrogens is 249 g/mol. The molecule has 0 spiro atoms. The third kappa shape index (κ3) is 3.42. The summed E-state index contributed by atoms with van der Waals surface area (Å²) in [5.41, 5.74) is 1.19. The van der Waals surface area contributed by atoms with E-state index in [1.165, 1.54) is 4.57 Å². The van der Waals surface area contributed by atoms with Crippen molar-refractivity contribution in [2.24, 2.45) is 0 Å². The van der Waals surface area contributed by atoms with Gasteiger partial charge in [-0.1, -0.05) is 0 Å². The largest absolute Gasteiger partial charge is 0.443 e. The van der Waals surface area contributed by atoms with Gasteiger partial charge in [-0.15, -0.1) is 23.2 Å². The molecule has 1 heterocycles. The van der Waals surface area contributed by atoms with Crippen LogP contribution in [-0.2, 0) is 16.5 Å². The third-order valence-electron chi connectivity index (χ3n) is 1.89. The third-order valence-corrected chi connectivity index (χ3v) is 2.47. The van der Waals surface area contributed by atoms with Crippen LogP contribution in [0.1, 0.15) is 31.9 Å². The van der Waals surface area contributed by atoms with E-state index in [1.807, 2.05) is 20.8 Å². The van der Waals surface area contributed by atoms with Crippen LogP contribution in [0.15, 0.2) is 12.4 Å². The van der Waals surface area contributed by atoms with Gasteiger partial charge in [0, 0.05) is 24.2 Å². The van der Waals surface area contributed by atoms with Gasteiger partial charge in [-0.2, -0.15) is 0 Å². The van der Waals surface area contributed by atoms with E-state index in [9.17, 15) is 4.79 Å². The first-order chi connectivity index (χ1) is 7.37. The van der Waals surface area contributed by atoms with E-state index in [0.717, 1.165) is 11.1 Å². The summed E-state index contributed by atoms with van der Waals surface area (Å²) in [4.78, 5) is 11.7. The minimum absolute atomic E-state index is 0.331. The fourth-order valence-corrected chi connectivity index (χ4v) is 1.68. The van der Waals surface area contributed by atoms with Crippen molar-refractivity contribution in [2.75, 3.05) is 0 Å². The molecule has 1 aromatic rings. The number of nitrogens with zero attached hydrogens (tertiary/aromatic N) is 1. The van der Waals surface area contributed by atoms with Crippen molar-refractivity contribution in [1.29, 1.82) is 0 Å². The zero-order chi connectivity index (χ0) is 12.3. The Morgan fingerprint density at radius 1 is 1.25 bits per heavy atom. The number of ether oxygens (including phenoxy) is 1. The van der Waals surface area contributed by atoms with Crippen molar-refractivity contribution >= 4 is 29.3 Å². The molecule has 0 bridgehead atoms. The zero-order valence-corrected chi connectivity index (χ0v) is 11.1. The van der Waals surface area contributed by atoms with Crippen LogP contribution in [0.5, 0.6) is 0 Å². The van der Waals surface area contributed by atoms with Crippen LogP contribution >= 0.6 is 23.2 Å². The normalized spacial score (nSPS) is 11.6. The first-order valence-electron chi connectivity index (χ1n) is 4.92. The molecule has 0 aromatic carbocycles. The Bertz CT molecular complexity index is 358. The molecule has 0 amide bonds. The van der Waals surface area contributed by atoms with Crippen LogP contribution in [0.4, 0.5) is 4.79 Å². The molecule has 0 aliphatic heterocycles. The number of hydrogen-bond acceptors (Lipinski definition) is 2. The fraction of sp³-hybridized carbons (Fsp3) is 0.545. The summed E-state index contributed by atoms with van der Waals surface area (Å²) < 4.78 is 6.59. The molecule has 0 atom stereocenters. The van der Waals surface area contributed by atoms with Gasteiger partial charge >= 0.3 is 6.09 Å². The maximum Gasteiger partial charge on any atom is 0.418 e. The lowest BCUT2D eigenvalue weighted by Gasteiger charge is -2.19. The van der Waals surface area contributed by atoms with Gasteiger partial charge in [-0.3, -0.25) is 4.57 Å². The van der Waals surface area contributed by atoms with E-state index in [-0.39, 0.29) is 0 Å².